The van der Waals surface area contributed by atoms with Crippen LogP contribution in [0.25, 0.3) is 0 Å². The molecule has 3 rings (SSSR count). The maximum atomic E-state index is 13.1. The minimum Gasteiger partial charge on any atom is -0.386 e. The Labute approximate surface area is 123 Å². The van der Waals surface area contributed by atoms with E-state index >= 15 is 0 Å². The zero-order valence-electron chi connectivity index (χ0n) is 12.3. The first-order valence-corrected chi connectivity index (χ1v) is 6.98. The first-order chi connectivity index (χ1) is 9.87. The zero-order chi connectivity index (χ0) is 15.2. The molecule has 1 amide bonds. The minimum absolute atomic E-state index is 0.171. The van der Waals surface area contributed by atoms with Gasteiger partial charge in [0, 0.05) is 17.8 Å². The fourth-order valence-corrected chi connectivity index (χ4v) is 2.73. The van der Waals surface area contributed by atoms with Crippen LogP contribution in [0.3, 0.4) is 0 Å². The summed E-state index contributed by atoms with van der Waals surface area (Å²) in [5.41, 5.74) is 2.79. The van der Waals surface area contributed by atoms with Gasteiger partial charge in [-0.15, -0.1) is 0 Å². The third-order valence-electron chi connectivity index (χ3n) is 3.84. The molecule has 2 N–H and O–H groups in total. The number of carbonyl (C=O) groups excluding carboxylic acids is 1. The van der Waals surface area contributed by atoms with Crippen LogP contribution in [-0.2, 0) is 4.79 Å². The molecule has 1 fully saturated rings. The van der Waals surface area contributed by atoms with Crippen LogP contribution in [-0.4, -0.2) is 23.7 Å². The minimum atomic E-state index is -0.340. The third kappa shape index (κ3) is 2.44. The van der Waals surface area contributed by atoms with Gasteiger partial charge in [0.2, 0.25) is 0 Å². The molecule has 1 atom stereocenters. The molecule has 0 radical (unpaired) electrons. The molecule has 0 spiro atoms. The summed E-state index contributed by atoms with van der Waals surface area (Å²) in [6, 6.07) is 5.92. The Morgan fingerprint density at radius 3 is 2.62 bits per heavy atom. The van der Waals surface area contributed by atoms with Crippen molar-refractivity contribution in [1.82, 2.24) is 10.6 Å². The number of amides is 1. The fraction of sp³-hybridized carbons (Fsp3) is 0.375. The number of allylic oxidation sites excluding steroid dienone is 1. The van der Waals surface area contributed by atoms with E-state index < -0.39 is 0 Å². The lowest BCUT2D eigenvalue weighted by atomic mass is 9.97. The van der Waals surface area contributed by atoms with Gasteiger partial charge >= 0.3 is 0 Å². The molecule has 1 aromatic rings. The molecular formula is C16H18FN3O. The topological polar surface area (TPSA) is 53.5 Å². The number of halogens is 1. The average molecular weight is 287 g/mol. The van der Waals surface area contributed by atoms with Crippen LogP contribution in [0, 0.1) is 5.82 Å². The van der Waals surface area contributed by atoms with Crippen LogP contribution in [0.4, 0.5) is 4.39 Å². The molecule has 2 aliphatic heterocycles. The highest BCUT2D eigenvalue weighted by atomic mass is 19.1. The number of benzene rings is 1. The van der Waals surface area contributed by atoms with E-state index in [1.165, 1.54) is 12.1 Å². The van der Waals surface area contributed by atoms with Crippen molar-refractivity contribution < 1.29 is 9.18 Å². The highest BCUT2D eigenvalue weighted by molar-refractivity contribution is 6.48. The van der Waals surface area contributed by atoms with Gasteiger partial charge in [0.15, 0.2) is 0 Å². The van der Waals surface area contributed by atoms with Crippen LogP contribution in [0.1, 0.15) is 32.4 Å². The molecule has 1 saturated heterocycles. The summed E-state index contributed by atoms with van der Waals surface area (Å²) in [7, 11) is 0. The normalized spacial score (nSPS) is 23.9. The van der Waals surface area contributed by atoms with Crippen molar-refractivity contribution in [3.05, 3.63) is 46.9 Å². The van der Waals surface area contributed by atoms with E-state index in [1.807, 2.05) is 20.8 Å². The lowest BCUT2D eigenvalue weighted by Gasteiger charge is -2.19. The van der Waals surface area contributed by atoms with Crippen LogP contribution < -0.4 is 10.6 Å². The maximum absolute atomic E-state index is 13.1. The lowest BCUT2D eigenvalue weighted by molar-refractivity contribution is -0.114. The number of aliphatic imine (C=N–C) groups is 1. The van der Waals surface area contributed by atoms with E-state index in [0.29, 0.717) is 12.3 Å². The molecule has 0 aliphatic carbocycles. The van der Waals surface area contributed by atoms with Gasteiger partial charge in [0.25, 0.3) is 5.91 Å². The van der Waals surface area contributed by atoms with Crippen molar-refractivity contribution in [3.8, 4) is 0 Å². The van der Waals surface area contributed by atoms with Crippen molar-refractivity contribution in [2.45, 2.75) is 32.4 Å². The first kappa shape index (κ1) is 13.8. The Morgan fingerprint density at radius 1 is 1.29 bits per heavy atom. The maximum Gasteiger partial charge on any atom is 0.270 e. The molecule has 2 aliphatic rings. The van der Waals surface area contributed by atoms with E-state index in [9.17, 15) is 9.18 Å². The van der Waals surface area contributed by atoms with E-state index in [4.69, 9.17) is 0 Å². The smallest absolute Gasteiger partial charge is 0.270 e. The largest absolute Gasteiger partial charge is 0.386 e. The number of rotatable bonds is 1. The Hall–Kier alpha value is -2.17. The van der Waals surface area contributed by atoms with Crippen molar-refractivity contribution >= 4 is 11.6 Å². The van der Waals surface area contributed by atoms with Crippen molar-refractivity contribution in [2.75, 3.05) is 6.54 Å². The van der Waals surface area contributed by atoms with Gasteiger partial charge in [0.1, 0.15) is 11.5 Å². The summed E-state index contributed by atoms with van der Waals surface area (Å²) in [5.74, 6) is -0.460. The summed E-state index contributed by atoms with van der Waals surface area (Å²) in [4.78, 5) is 16.9. The second kappa shape index (κ2) is 4.69. The molecule has 21 heavy (non-hydrogen) atoms. The molecule has 0 saturated carbocycles. The SMILES string of the molecule is CC1=C2C(=NC(C)(C)CN1)C(=O)NC2c1ccc(F)cc1. The molecule has 1 unspecified atom stereocenters. The summed E-state index contributed by atoms with van der Waals surface area (Å²) in [6.45, 7) is 6.60. The number of fused-ring (bicyclic) bond motifs is 1. The summed E-state index contributed by atoms with van der Waals surface area (Å²) in [5, 5.41) is 6.27. The van der Waals surface area contributed by atoms with Crippen molar-refractivity contribution in [1.29, 1.82) is 0 Å². The highest BCUT2D eigenvalue weighted by Gasteiger charge is 2.39. The number of nitrogens with zero attached hydrogens (tertiary/aromatic N) is 1. The van der Waals surface area contributed by atoms with Crippen LogP contribution in [0.15, 0.2) is 40.5 Å². The van der Waals surface area contributed by atoms with Gasteiger partial charge in [-0.3, -0.25) is 9.79 Å². The molecule has 0 bridgehead atoms. The molecule has 1 aromatic carbocycles. The highest BCUT2D eigenvalue weighted by Crippen LogP contribution is 2.32. The molecular weight excluding hydrogens is 269 g/mol. The fourth-order valence-electron chi connectivity index (χ4n) is 2.73. The average Bonchev–Trinajstić information content (AvgIpc) is 2.67. The predicted molar refractivity (Wildman–Crippen MR) is 79.5 cm³/mol. The standard InChI is InChI=1S/C16H18FN3O/c1-9-12-13(10-4-6-11(17)7-5-10)19-15(21)14(12)20-16(2,3)8-18-9/h4-7,13,18H,8H2,1-3H3,(H,19,21). The Bertz CT molecular complexity index is 659. The van der Waals surface area contributed by atoms with Crippen LogP contribution in [0.5, 0.6) is 0 Å². The van der Waals surface area contributed by atoms with Crippen molar-refractivity contribution in [3.63, 3.8) is 0 Å². The molecule has 4 nitrogen and oxygen atoms in total. The van der Waals surface area contributed by atoms with Gasteiger partial charge in [-0.05, 0) is 38.5 Å². The Morgan fingerprint density at radius 2 is 1.95 bits per heavy atom. The summed E-state index contributed by atoms with van der Waals surface area (Å²) >= 11 is 0. The van der Waals surface area contributed by atoms with Crippen LogP contribution >= 0.6 is 0 Å². The third-order valence-corrected chi connectivity index (χ3v) is 3.84. The number of carbonyl (C=O) groups is 1. The van der Waals surface area contributed by atoms with Gasteiger partial charge in [-0.1, -0.05) is 12.1 Å². The quantitative estimate of drug-likeness (QED) is 0.831. The van der Waals surface area contributed by atoms with Crippen LogP contribution in [0.2, 0.25) is 0 Å². The molecule has 110 valence electrons. The van der Waals surface area contributed by atoms with Crippen molar-refractivity contribution in [2.24, 2.45) is 4.99 Å². The van der Waals surface area contributed by atoms with Gasteiger partial charge in [-0.2, -0.15) is 0 Å². The second-order valence-corrected chi connectivity index (χ2v) is 6.12. The van der Waals surface area contributed by atoms with E-state index in [-0.39, 0.29) is 23.3 Å². The lowest BCUT2D eigenvalue weighted by Crippen LogP contribution is -2.33. The molecule has 0 aromatic heterocycles. The first-order valence-electron chi connectivity index (χ1n) is 6.98. The van der Waals surface area contributed by atoms with E-state index in [0.717, 1.165) is 16.8 Å². The predicted octanol–water partition coefficient (Wildman–Crippen LogP) is 2.09. The molecule has 5 heteroatoms. The van der Waals surface area contributed by atoms with Gasteiger partial charge in [0.05, 0.1) is 11.6 Å². The second-order valence-electron chi connectivity index (χ2n) is 6.12. The van der Waals surface area contributed by atoms with E-state index in [1.54, 1.807) is 12.1 Å². The molecule has 2 heterocycles. The number of hydrogen-bond donors (Lipinski definition) is 2. The van der Waals surface area contributed by atoms with Gasteiger partial charge < -0.3 is 10.6 Å². The monoisotopic (exact) mass is 287 g/mol. The van der Waals surface area contributed by atoms with Gasteiger partial charge in [-0.25, -0.2) is 4.39 Å². The number of nitrogens with one attached hydrogen (secondary N) is 2. The summed E-state index contributed by atoms with van der Waals surface area (Å²) in [6.07, 6.45) is 0. The Balaban J connectivity index is 2.09. The summed E-state index contributed by atoms with van der Waals surface area (Å²) < 4.78 is 13.1. The Kier molecular flexibility index (Phi) is 3.08. The van der Waals surface area contributed by atoms with E-state index in [2.05, 4.69) is 15.6 Å². The number of hydrogen-bond acceptors (Lipinski definition) is 3. The zero-order valence-corrected chi connectivity index (χ0v) is 12.3.